The van der Waals surface area contributed by atoms with Crippen LogP contribution in [0.15, 0.2) is 60.9 Å². The summed E-state index contributed by atoms with van der Waals surface area (Å²) in [6, 6.07) is 15.3. The first-order valence-corrected chi connectivity index (χ1v) is 8.09. The topological polar surface area (TPSA) is 71.2 Å². The lowest BCUT2D eigenvalue weighted by atomic mass is 10.1. The van der Waals surface area contributed by atoms with Crippen LogP contribution in [0.5, 0.6) is 0 Å². The molecule has 0 fully saturated rings. The van der Waals surface area contributed by atoms with Crippen LogP contribution in [0.25, 0.3) is 0 Å². The van der Waals surface area contributed by atoms with Gasteiger partial charge in [-0.05, 0) is 66.6 Å². The fourth-order valence-electron chi connectivity index (χ4n) is 3.14. The van der Waals surface area contributed by atoms with Crippen LogP contribution < -0.4 is 16.0 Å². The number of fused-ring (bicyclic) bond motifs is 1. The minimum absolute atomic E-state index is 0.00969. The van der Waals surface area contributed by atoms with Crippen molar-refractivity contribution in [3.63, 3.8) is 0 Å². The maximum Gasteiger partial charge on any atom is 0.258 e. The fourth-order valence-corrected chi connectivity index (χ4v) is 3.14. The van der Waals surface area contributed by atoms with Crippen molar-refractivity contribution >= 4 is 28.7 Å². The molecule has 1 aliphatic heterocycles. The van der Waals surface area contributed by atoms with Crippen LogP contribution in [0.1, 0.15) is 21.5 Å². The summed E-state index contributed by atoms with van der Waals surface area (Å²) in [7, 11) is 0. The monoisotopic (exact) mass is 330 g/mol. The molecule has 3 N–H and O–H groups in total. The molecule has 2 aromatic carbocycles. The fraction of sp³-hybridized carbons (Fsp3) is 0.100. The van der Waals surface area contributed by atoms with Crippen molar-refractivity contribution in [2.24, 2.45) is 0 Å². The Bertz CT molecular complexity index is 953. The van der Waals surface area contributed by atoms with Gasteiger partial charge >= 0.3 is 0 Å². The molecule has 1 aliphatic rings. The van der Waals surface area contributed by atoms with E-state index < -0.39 is 0 Å². The van der Waals surface area contributed by atoms with Crippen molar-refractivity contribution in [1.29, 1.82) is 0 Å². The van der Waals surface area contributed by atoms with Gasteiger partial charge in [0, 0.05) is 40.7 Å². The molecule has 5 nitrogen and oxygen atoms in total. The van der Waals surface area contributed by atoms with Gasteiger partial charge in [-0.25, -0.2) is 0 Å². The van der Waals surface area contributed by atoms with Crippen LogP contribution in [0.4, 0.5) is 22.7 Å². The second-order valence-electron chi connectivity index (χ2n) is 6.23. The number of carbonyl (C=O) groups excluding carboxylic acids is 1. The number of rotatable bonds is 3. The third-order valence-electron chi connectivity index (χ3n) is 4.28. The predicted molar refractivity (Wildman–Crippen MR) is 100 cm³/mol. The van der Waals surface area contributed by atoms with E-state index in [0.29, 0.717) is 12.2 Å². The number of hydrogen-bond donors (Lipinski definition) is 2. The number of anilines is 4. The van der Waals surface area contributed by atoms with Gasteiger partial charge < -0.3 is 16.0 Å². The van der Waals surface area contributed by atoms with E-state index in [-0.39, 0.29) is 5.91 Å². The van der Waals surface area contributed by atoms with Crippen molar-refractivity contribution < 1.29 is 4.79 Å². The van der Waals surface area contributed by atoms with Crippen LogP contribution in [0.2, 0.25) is 0 Å². The van der Waals surface area contributed by atoms with E-state index in [1.807, 2.05) is 37.3 Å². The van der Waals surface area contributed by atoms with Crippen molar-refractivity contribution in [2.75, 3.05) is 16.0 Å². The summed E-state index contributed by atoms with van der Waals surface area (Å²) in [6.45, 7) is 2.56. The Morgan fingerprint density at radius 3 is 2.64 bits per heavy atom. The number of amides is 1. The average Bonchev–Trinajstić information content (AvgIpc) is 2.91. The van der Waals surface area contributed by atoms with Crippen LogP contribution in [0.3, 0.4) is 0 Å². The van der Waals surface area contributed by atoms with Gasteiger partial charge in [-0.2, -0.15) is 0 Å². The third kappa shape index (κ3) is 2.92. The smallest absolute Gasteiger partial charge is 0.258 e. The number of aryl methyl sites for hydroxylation is 1. The van der Waals surface area contributed by atoms with Crippen LogP contribution in [-0.4, -0.2) is 10.9 Å². The molecule has 1 amide bonds. The van der Waals surface area contributed by atoms with E-state index in [9.17, 15) is 4.79 Å². The minimum atomic E-state index is 0.00969. The van der Waals surface area contributed by atoms with Gasteiger partial charge in [-0.3, -0.25) is 9.78 Å². The van der Waals surface area contributed by atoms with E-state index in [4.69, 9.17) is 5.73 Å². The van der Waals surface area contributed by atoms with E-state index in [1.165, 1.54) is 0 Å². The van der Waals surface area contributed by atoms with Crippen molar-refractivity contribution in [3.8, 4) is 0 Å². The Morgan fingerprint density at radius 2 is 1.84 bits per heavy atom. The standard InChI is InChI=1S/C20H18N4O/c1-13-8-17(23-16-4-6-22-7-5-16)11-18(9-13)24-12-14-10-15(21)2-3-19(14)20(24)25/h2-11H,12,21H2,1H3,(H,22,23). The summed E-state index contributed by atoms with van der Waals surface area (Å²) in [5, 5.41) is 3.36. The van der Waals surface area contributed by atoms with Gasteiger partial charge in [0.15, 0.2) is 0 Å². The zero-order valence-electron chi connectivity index (χ0n) is 13.9. The van der Waals surface area contributed by atoms with E-state index >= 15 is 0 Å². The number of nitrogens with two attached hydrogens (primary N) is 1. The number of pyridine rings is 1. The predicted octanol–water partition coefficient (Wildman–Crippen LogP) is 3.88. The van der Waals surface area contributed by atoms with Gasteiger partial charge in [0.1, 0.15) is 0 Å². The van der Waals surface area contributed by atoms with Gasteiger partial charge in [0.2, 0.25) is 0 Å². The van der Waals surface area contributed by atoms with Crippen molar-refractivity contribution in [2.45, 2.75) is 13.5 Å². The molecule has 1 aromatic heterocycles. The molecule has 3 aromatic rings. The van der Waals surface area contributed by atoms with Gasteiger partial charge in [-0.15, -0.1) is 0 Å². The average molecular weight is 330 g/mol. The summed E-state index contributed by atoms with van der Waals surface area (Å²) in [6.07, 6.45) is 3.48. The number of nitrogen functional groups attached to an aromatic ring is 1. The van der Waals surface area contributed by atoms with Gasteiger partial charge in [0.25, 0.3) is 5.91 Å². The highest BCUT2D eigenvalue weighted by Crippen LogP contribution is 2.32. The highest BCUT2D eigenvalue weighted by atomic mass is 16.2. The lowest BCUT2D eigenvalue weighted by Gasteiger charge is -2.18. The molecule has 0 spiro atoms. The normalized spacial score (nSPS) is 13.0. The lowest BCUT2D eigenvalue weighted by molar-refractivity contribution is 0.0996. The molecule has 0 unspecified atom stereocenters. The number of aromatic nitrogens is 1. The minimum Gasteiger partial charge on any atom is -0.399 e. The van der Waals surface area contributed by atoms with E-state index in [2.05, 4.69) is 16.4 Å². The summed E-state index contributed by atoms with van der Waals surface area (Å²) >= 11 is 0. The molecule has 0 aliphatic carbocycles. The number of carbonyl (C=O) groups is 1. The Morgan fingerprint density at radius 1 is 1.04 bits per heavy atom. The summed E-state index contributed by atoms with van der Waals surface area (Å²) in [5.74, 6) is 0.00969. The Hall–Kier alpha value is -3.34. The second-order valence-corrected chi connectivity index (χ2v) is 6.23. The van der Waals surface area contributed by atoms with Crippen LogP contribution in [-0.2, 0) is 6.54 Å². The van der Waals surface area contributed by atoms with Gasteiger partial charge in [0.05, 0.1) is 6.54 Å². The maximum atomic E-state index is 12.7. The van der Waals surface area contributed by atoms with Gasteiger partial charge in [-0.1, -0.05) is 0 Å². The summed E-state index contributed by atoms with van der Waals surface area (Å²) < 4.78 is 0. The summed E-state index contributed by atoms with van der Waals surface area (Å²) in [4.78, 5) is 18.6. The zero-order valence-corrected chi connectivity index (χ0v) is 13.9. The molecule has 2 heterocycles. The largest absolute Gasteiger partial charge is 0.399 e. The zero-order chi connectivity index (χ0) is 17.4. The van der Waals surface area contributed by atoms with E-state index in [1.54, 1.807) is 29.4 Å². The number of benzene rings is 2. The first-order chi connectivity index (χ1) is 12.1. The number of nitrogens with one attached hydrogen (secondary N) is 1. The summed E-state index contributed by atoms with van der Waals surface area (Å²) in [5.41, 5.74) is 12.1. The molecule has 0 bridgehead atoms. The molecule has 25 heavy (non-hydrogen) atoms. The molecule has 0 atom stereocenters. The molecule has 0 saturated heterocycles. The molecule has 124 valence electrons. The molecule has 4 rings (SSSR count). The number of nitrogens with zero attached hydrogens (tertiary/aromatic N) is 2. The maximum absolute atomic E-state index is 12.7. The SMILES string of the molecule is Cc1cc(Nc2ccncc2)cc(N2Cc3cc(N)ccc3C2=O)c1. The Kier molecular flexibility index (Phi) is 3.61. The quantitative estimate of drug-likeness (QED) is 0.715. The van der Waals surface area contributed by atoms with E-state index in [0.717, 1.165) is 33.8 Å². The molecular formula is C20H18N4O. The van der Waals surface area contributed by atoms with Crippen molar-refractivity contribution in [3.05, 3.63) is 77.6 Å². The molecule has 5 heteroatoms. The third-order valence-corrected chi connectivity index (χ3v) is 4.28. The Labute approximate surface area is 146 Å². The highest BCUT2D eigenvalue weighted by Gasteiger charge is 2.28. The first-order valence-electron chi connectivity index (χ1n) is 8.09. The second kappa shape index (κ2) is 5.94. The first kappa shape index (κ1) is 15.2. The van der Waals surface area contributed by atoms with Crippen LogP contribution in [0, 0.1) is 6.92 Å². The molecule has 0 radical (unpaired) electrons. The van der Waals surface area contributed by atoms with Crippen molar-refractivity contribution in [1.82, 2.24) is 4.98 Å². The lowest BCUT2D eigenvalue weighted by Crippen LogP contribution is -2.23. The number of hydrogen-bond acceptors (Lipinski definition) is 4. The Balaban J connectivity index is 1.66. The van der Waals surface area contributed by atoms with Crippen LogP contribution >= 0.6 is 0 Å². The molecular weight excluding hydrogens is 312 g/mol. The molecule has 0 saturated carbocycles. The highest BCUT2D eigenvalue weighted by molar-refractivity contribution is 6.10.